The molecule has 0 unspecified atom stereocenters. The van der Waals surface area contributed by atoms with Gasteiger partial charge in [-0.15, -0.1) is 0 Å². The molecule has 0 bridgehead atoms. The fourth-order valence-corrected chi connectivity index (χ4v) is 7.09. The van der Waals surface area contributed by atoms with E-state index < -0.39 is 11.6 Å². The first-order valence-corrected chi connectivity index (χ1v) is 15.5. The fraction of sp³-hybridized carbons (Fsp3) is 0.314. The normalized spacial score (nSPS) is 15.0. The van der Waals surface area contributed by atoms with Crippen molar-refractivity contribution in [2.24, 2.45) is 5.41 Å². The summed E-state index contributed by atoms with van der Waals surface area (Å²) in [5, 5.41) is 22.1. The van der Waals surface area contributed by atoms with Crippen LogP contribution in [0.15, 0.2) is 78.9 Å². The Hall–Kier alpha value is -2.52. The number of aromatic nitrogens is 1. The Balaban J connectivity index is 0.00000405. The van der Waals surface area contributed by atoms with Crippen molar-refractivity contribution in [2.45, 2.75) is 56.8 Å². The number of benzene rings is 3. The predicted molar refractivity (Wildman–Crippen MR) is 178 cm³/mol. The summed E-state index contributed by atoms with van der Waals surface area (Å²) >= 11 is 8.04. The molecule has 42 heavy (non-hydrogen) atoms. The predicted octanol–water partition coefficient (Wildman–Crippen LogP) is 8.30. The maximum atomic E-state index is 11.5. The number of aliphatic hydroxyl groups is 1. The van der Waals surface area contributed by atoms with Crippen LogP contribution in [-0.2, 0) is 16.8 Å². The third kappa shape index (κ3) is 8.53. The fourth-order valence-electron chi connectivity index (χ4n) is 5.36. The van der Waals surface area contributed by atoms with E-state index in [1.165, 1.54) is 5.56 Å². The molecule has 1 atom stereocenters. The summed E-state index contributed by atoms with van der Waals surface area (Å²) in [4.78, 5) is 16.2. The zero-order chi connectivity index (χ0) is 29.0. The molecule has 4 aromatic rings. The van der Waals surface area contributed by atoms with E-state index in [1.54, 1.807) is 0 Å². The number of carboxylic acids is 1. The Bertz CT molecular complexity index is 1580. The first-order chi connectivity index (χ1) is 19.6. The molecule has 0 radical (unpaired) electrons. The Kier molecular flexibility index (Phi) is 10.7. The van der Waals surface area contributed by atoms with Gasteiger partial charge in [0.25, 0.3) is 0 Å². The number of thioether (sulfide) groups is 1. The number of pyridine rings is 1. The second-order valence-corrected chi connectivity index (χ2v) is 13.3. The minimum absolute atomic E-state index is 0. The van der Waals surface area contributed by atoms with E-state index in [4.69, 9.17) is 16.6 Å². The minimum atomic E-state index is -0.911. The number of carboxylic acid groups (broad SMARTS) is 1. The topological polar surface area (TPSA) is 70.4 Å². The van der Waals surface area contributed by atoms with Crippen LogP contribution < -0.4 is 0 Å². The average Bonchev–Trinajstić information content (AvgIpc) is 3.70. The molecule has 4 nitrogen and oxygen atoms in total. The molecule has 1 aromatic heterocycles. The zero-order valence-corrected chi connectivity index (χ0v) is 25.1. The van der Waals surface area contributed by atoms with E-state index in [1.807, 2.05) is 74.1 Å². The third-order valence-electron chi connectivity index (χ3n) is 7.83. The van der Waals surface area contributed by atoms with Crippen molar-refractivity contribution in [2.75, 3.05) is 5.75 Å². The maximum absolute atomic E-state index is 11.5. The standard InChI is InChI=1S/C35H36ClNO3S.Li.H/c1-34(2,40)30-9-4-3-7-25(30)13-17-32(41-23-35(18-19-35)22-33(38)39)27-8-5-6-24(20-27)10-15-29-16-12-26-11-14-28(36)21-31(26)37-29;;/h3-12,14-16,20-21,32,40H,13,17-19,22-23H2,1-2H3,(H,38,39);;/t32-;;/m1../s1. The molecule has 3 aromatic carbocycles. The van der Waals surface area contributed by atoms with Crippen molar-refractivity contribution in [1.29, 1.82) is 0 Å². The van der Waals surface area contributed by atoms with Gasteiger partial charge in [-0.3, -0.25) is 4.79 Å². The Morgan fingerprint density at radius 1 is 1.05 bits per heavy atom. The van der Waals surface area contributed by atoms with Gasteiger partial charge in [0.2, 0.25) is 0 Å². The van der Waals surface area contributed by atoms with E-state index in [9.17, 15) is 15.0 Å². The van der Waals surface area contributed by atoms with Crippen LogP contribution in [-0.4, -0.2) is 45.8 Å². The average molecular weight is 594 g/mol. The van der Waals surface area contributed by atoms with Crippen LogP contribution in [0.5, 0.6) is 0 Å². The number of hydrogen-bond acceptors (Lipinski definition) is 4. The summed E-state index contributed by atoms with van der Waals surface area (Å²) in [6.45, 7) is 3.66. The van der Waals surface area contributed by atoms with E-state index >= 15 is 0 Å². The Morgan fingerprint density at radius 3 is 2.55 bits per heavy atom. The van der Waals surface area contributed by atoms with Crippen molar-refractivity contribution in [3.8, 4) is 0 Å². The summed E-state index contributed by atoms with van der Waals surface area (Å²) in [5.74, 6) is 0.122. The van der Waals surface area contributed by atoms with Gasteiger partial charge in [-0.05, 0) is 91.5 Å². The van der Waals surface area contributed by atoms with Gasteiger partial charge in [-0.25, -0.2) is 4.98 Å². The number of rotatable bonds is 12. The molecule has 0 saturated heterocycles. The quantitative estimate of drug-likeness (QED) is 0.162. The molecule has 214 valence electrons. The van der Waals surface area contributed by atoms with Crippen molar-refractivity contribution in [3.63, 3.8) is 0 Å². The van der Waals surface area contributed by atoms with E-state index in [0.717, 1.165) is 64.7 Å². The molecule has 5 rings (SSSR count). The molecule has 1 aliphatic rings. The van der Waals surface area contributed by atoms with Gasteiger partial charge >= 0.3 is 24.8 Å². The number of nitrogens with zero attached hydrogens (tertiary/aromatic N) is 1. The van der Waals surface area contributed by atoms with Gasteiger partial charge < -0.3 is 10.2 Å². The van der Waals surface area contributed by atoms with Crippen LogP contribution in [0.4, 0.5) is 0 Å². The molecule has 1 saturated carbocycles. The van der Waals surface area contributed by atoms with Crippen molar-refractivity contribution in [1.82, 2.24) is 4.98 Å². The summed E-state index contributed by atoms with van der Waals surface area (Å²) < 4.78 is 0. The molecule has 1 fully saturated rings. The van der Waals surface area contributed by atoms with Gasteiger partial charge in [0.05, 0.1) is 23.2 Å². The first kappa shape index (κ1) is 32.4. The van der Waals surface area contributed by atoms with Crippen LogP contribution in [0.1, 0.15) is 72.7 Å². The van der Waals surface area contributed by atoms with Crippen molar-refractivity contribution < 1.29 is 15.0 Å². The van der Waals surface area contributed by atoms with Crippen LogP contribution >= 0.6 is 23.4 Å². The van der Waals surface area contributed by atoms with E-state index in [0.29, 0.717) is 5.02 Å². The third-order valence-corrected chi connectivity index (χ3v) is 9.76. The van der Waals surface area contributed by atoms with Gasteiger partial charge in [-0.2, -0.15) is 11.8 Å². The SMILES string of the molecule is CC(C)(O)c1ccccc1CC[C@@H](SCC1(CC(=O)O)CC1)c1cccc(C=Cc2ccc3ccc(Cl)cc3n2)c1.[LiH]. The number of carbonyl (C=O) groups is 1. The number of aryl methyl sites for hydroxylation is 1. The van der Waals surface area contributed by atoms with Gasteiger partial charge in [0, 0.05) is 21.4 Å². The molecule has 0 aliphatic heterocycles. The van der Waals surface area contributed by atoms with Gasteiger partial charge in [-0.1, -0.05) is 78.3 Å². The molecule has 0 spiro atoms. The number of hydrogen-bond donors (Lipinski definition) is 2. The van der Waals surface area contributed by atoms with Crippen LogP contribution in [0.3, 0.4) is 0 Å². The second-order valence-electron chi connectivity index (χ2n) is 11.7. The Labute approximate surface area is 269 Å². The van der Waals surface area contributed by atoms with Crippen molar-refractivity contribution in [3.05, 3.63) is 112 Å². The summed E-state index contributed by atoms with van der Waals surface area (Å²) in [6, 6.07) is 26.5. The van der Waals surface area contributed by atoms with Crippen molar-refractivity contribution >= 4 is 71.2 Å². The molecule has 1 heterocycles. The molecular formula is C35H37ClLiNO3S. The number of halogens is 1. The first-order valence-electron chi connectivity index (χ1n) is 14.1. The zero-order valence-electron chi connectivity index (χ0n) is 23.5. The van der Waals surface area contributed by atoms with Gasteiger partial charge in [0.1, 0.15) is 0 Å². The monoisotopic (exact) mass is 593 g/mol. The number of aliphatic carboxylic acids is 1. The Morgan fingerprint density at radius 2 is 1.81 bits per heavy atom. The molecule has 2 N–H and O–H groups in total. The molecular weight excluding hydrogens is 557 g/mol. The molecule has 1 aliphatic carbocycles. The molecule has 0 amide bonds. The second kappa shape index (κ2) is 13.8. The summed E-state index contributed by atoms with van der Waals surface area (Å²) in [6.07, 6.45) is 8.02. The van der Waals surface area contributed by atoms with E-state index in [2.05, 4.69) is 42.5 Å². The number of fused-ring (bicyclic) bond motifs is 1. The van der Waals surface area contributed by atoms with Gasteiger partial charge in [0.15, 0.2) is 0 Å². The summed E-state index contributed by atoms with van der Waals surface area (Å²) in [5.41, 5.74) is 5.15. The van der Waals surface area contributed by atoms with Crippen LogP contribution in [0, 0.1) is 5.41 Å². The van der Waals surface area contributed by atoms with Crippen LogP contribution in [0.2, 0.25) is 5.02 Å². The molecule has 7 heteroatoms. The van der Waals surface area contributed by atoms with Crippen LogP contribution in [0.25, 0.3) is 23.1 Å². The van der Waals surface area contributed by atoms with E-state index in [-0.39, 0.29) is 35.9 Å². The summed E-state index contributed by atoms with van der Waals surface area (Å²) in [7, 11) is 0.